The summed E-state index contributed by atoms with van der Waals surface area (Å²) in [6, 6.07) is 12.6. The van der Waals surface area contributed by atoms with E-state index in [4.69, 9.17) is 32.4 Å². The molecule has 0 aliphatic carbocycles. The fourth-order valence-corrected chi connectivity index (χ4v) is 3.12. The van der Waals surface area contributed by atoms with Gasteiger partial charge in [0.1, 0.15) is 17.3 Å². The van der Waals surface area contributed by atoms with Gasteiger partial charge in [0.15, 0.2) is 6.61 Å². The van der Waals surface area contributed by atoms with Gasteiger partial charge < -0.3 is 9.15 Å². The third-order valence-corrected chi connectivity index (χ3v) is 4.99. The average Bonchev–Trinajstić information content (AvgIpc) is 3.15. The summed E-state index contributed by atoms with van der Waals surface area (Å²) >= 11 is 12.2. The highest BCUT2D eigenvalue weighted by atomic mass is 35.5. The van der Waals surface area contributed by atoms with Gasteiger partial charge in [-0.3, -0.25) is 4.79 Å². The molecule has 150 valence electrons. The third-order valence-electron chi connectivity index (χ3n) is 4.42. The largest absolute Gasteiger partial charge is 0.483 e. The second-order valence-corrected chi connectivity index (χ2v) is 7.41. The summed E-state index contributed by atoms with van der Waals surface area (Å²) in [4.78, 5) is 12.0. The number of furan rings is 1. The van der Waals surface area contributed by atoms with E-state index in [1.807, 2.05) is 32.9 Å². The number of nitrogens with one attached hydrogen (secondary N) is 1. The number of hydrogen-bond donors (Lipinski definition) is 1. The van der Waals surface area contributed by atoms with Crippen molar-refractivity contribution in [1.29, 1.82) is 0 Å². The minimum absolute atomic E-state index is 0.135. The van der Waals surface area contributed by atoms with Gasteiger partial charge in [-0.15, -0.1) is 0 Å². The predicted molar refractivity (Wildman–Crippen MR) is 116 cm³/mol. The molecule has 1 aromatic heterocycles. The summed E-state index contributed by atoms with van der Waals surface area (Å²) in [7, 11) is 0. The van der Waals surface area contributed by atoms with Crippen molar-refractivity contribution in [3.05, 3.63) is 75.0 Å². The SMILES string of the molecule is Cc1ccc(C)c(OCC(=O)NN=Cc2ccc(-c3cc(Cl)ccc3Cl)o2)c1C. The molecule has 0 aliphatic rings. The molecule has 3 aromatic rings. The first-order chi connectivity index (χ1) is 13.8. The van der Waals surface area contributed by atoms with Crippen LogP contribution in [0.3, 0.4) is 0 Å². The number of benzene rings is 2. The number of nitrogens with zero attached hydrogens (tertiary/aromatic N) is 1. The Labute approximate surface area is 179 Å². The molecule has 0 fully saturated rings. The number of rotatable bonds is 6. The van der Waals surface area contributed by atoms with E-state index in [0.717, 1.165) is 22.4 Å². The van der Waals surface area contributed by atoms with Gasteiger partial charge in [0, 0.05) is 10.6 Å². The van der Waals surface area contributed by atoms with Crippen molar-refractivity contribution in [1.82, 2.24) is 5.43 Å². The normalized spacial score (nSPS) is 11.1. The van der Waals surface area contributed by atoms with Gasteiger partial charge in [-0.05, 0) is 67.8 Å². The summed E-state index contributed by atoms with van der Waals surface area (Å²) in [6.45, 7) is 5.77. The lowest BCUT2D eigenvalue weighted by Crippen LogP contribution is -2.25. The average molecular weight is 431 g/mol. The zero-order valence-electron chi connectivity index (χ0n) is 16.3. The van der Waals surface area contributed by atoms with E-state index < -0.39 is 0 Å². The number of ether oxygens (including phenoxy) is 1. The lowest BCUT2D eigenvalue weighted by atomic mass is 10.1. The van der Waals surface area contributed by atoms with Gasteiger partial charge in [-0.2, -0.15) is 5.10 Å². The van der Waals surface area contributed by atoms with Crippen molar-refractivity contribution in [3.8, 4) is 17.1 Å². The van der Waals surface area contributed by atoms with Crippen LogP contribution in [-0.2, 0) is 4.79 Å². The Morgan fingerprint density at radius 3 is 2.66 bits per heavy atom. The molecule has 2 aromatic carbocycles. The molecule has 1 N–H and O–H groups in total. The van der Waals surface area contributed by atoms with Crippen LogP contribution >= 0.6 is 23.2 Å². The summed E-state index contributed by atoms with van der Waals surface area (Å²) < 4.78 is 11.3. The predicted octanol–water partition coefficient (Wildman–Crippen LogP) is 5.71. The van der Waals surface area contributed by atoms with Crippen molar-refractivity contribution in [3.63, 3.8) is 0 Å². The number of carbonyl (C=O) groups excluding carboxylic acids is 1. The zero-order chi connectivity index (χ0) is 21.0. The summed E-state index contributed by atoms with van der Waals surface area (Å²) in [6.07, 6.45) is 1.41. The number of amides is 1. The molecule has 29 heavy (non-hydrogen) atoms. The highest BCUT2D eigenvalue weighted by Crippen LogP contribution is 2.31. The van der Waals surface area contributed by atoms with Crippen LogP contribution in [0.4, 0.5) is 0 Å². The molecule has 5 nitrogen and oxygen atoms in total. The Morgan fingerprint density at radius 2 is 1.86 bits per heavy atom. The van der Waals surface area contributed by atoms with E-state index in [1.165, 1.54) is 6.21 Å². The number of halogens is 2. The maximum Gasteiger partial charge on any atom is 0.277 e. The molecule has 0 atom stereocenters. The number of carbonyl (C=O) groups is 1. The third kappa shape index (κ3) is 5.19. The van der Waals surface area contributed by atoms with Crippen LogP contribution in [0.25, 0.3) is 11.3 Å². The first kappa shape index (κ1) is 21.0. The second kappa shape index (κ2) is 9.16. The first-order valence-corrected chi connectivity index (χ1v) is 9.67. The van der Waals surface area contributed by atoms with E-state index >= 15 is 0 Å². The Balaban J connectivity index is 1.58. The van der Waals surface area contributed by atoms with Gasteiger partial charge in [-0.25, -0.2) is 5.43 Å². The molecule has 7 heteroatoms. The molecule has 1 amide bonds. The summed E-state index contributed by atoms with van der Waals surface area (Å²) in [5.41, 5.74) is 6.21. The smallest absolute Gasteiger partial charge is 0.277 e. The van der Waals surface area contributed by atoms with Crippen LogP contribution in [-0.4, -0.2) is 18.7 Å². The minimum Gasteiger partial charge on any atom is -0.483 e. The number of aryl methyl sites for hydroxylation is 2. The van der Waals surface area contributed by atoms with Crippen molar-refractivity contribution in [2.24, 2.45) is 5.10 Å². The highest BCUT2D eigenvalue weighted by molar-refractivity contribution is 6.35. The van der Waals surface area contributed by atoms with Crippen molar-refractivity contribution >= 4 is 35.3 Å². The molecule has 0 unspecified atom stereocenters. The van der Waals surface area contributed by atoms with Crippen LogP contribution in [0, 0.1) is 20.8 Å². The molecule has 3 rings (SSSR count). The van der Waals surface area contributed by atoms with Crippen molar-refractivity contribution in [2.75, 3.05) is 6.61 Å². The molecule has 0 saturated carbocycles. The molecule has 1 heterocycles. The number of hydrazone groups is 1. The highest BCUT2D eigenvalue weighted by Gasteiger charge is 2.10. The van der Waals surface area contributed by atoms with Gasteiger partial charge in [-0.1, -0.05) is 35.3 Å². The topological polar surface area (TPSA) is 63.8 Å². The van der Waals surface area contributed by atoms with Crippen LogP contribution < -0.4 is 10.2 Å². The molecule has 0 bridgehead atoms. The Bertz CT molecular complexity index is 1070. The summed E-state index contributed by atoms with van der Waals surface area (Å²) in [5, 5.41) is 4.99. The maximum atomic E-state index is 12.0. The summed E-state index contributed by atoms with van der Waals surface area (Å²) in [5.74, 6) is 1.37. The van der Waals surface area contributed by atoms with Crippen molar-refractivity contribution in [2.45, 2.75) is 20.8 Å². The molecule has 0 aliphatic heterocycles. The maximum absolute atomic E-state index is 12.0. The fraction of sp³-hybridized carbons (Fsp3) is 0.182. The second-order valence-electron chi connectivity index (χ2n) is 6.56. The lowest BCUT2D eigenvalue weighted by molar-refractivity contribution is -0.123. The minimum atomic E-state index is -0.369. The zero-order valence-corrected chi connectivity index (χ0v) is 17.8. The van der Waals surface area contributed by atoms with E-state index in [2.05, 4.69) is 10.5 Å². The van der Waals surface area contributed by atoms with E-state index in [9.17, 15) is 4.79 Å². The van der Waals surface area contributed by atoms with Gasteiger partial charge in [0.05, 0.1) is 11.2 Å². The van der Waals surface area contributed by atoms with Crippen LogP contribution in [0.1, 0.15) is 22.5 Å². The molecular weight excluding hydrogens is 411 g/mol. The Morgan fingerprint density at radius 1 is 1.10 bits per heavy atom. The monoisotopic (exact) mass is 430 g/mol. The van der Waals surface area contributed by atoms with Crippen LogP contribution in [0.15, 0.2) is 52.0 Å². The van der Waals surface area contributed by atoms with Crippen LogP contribution in [0.2, 0.25) is 10.0 Å². The first-order valence-electron chi connectivity index (χ1n) is 8.92. The quantitative estimate of drug-likeness (QED) is 0.402. The van der Waals surface area contributed by atoms with E-state index in [-0.39, 0.29) is 12.5 Å². The fourth-order valence-electron chi connectivity index (χ4n) is 2.74. The van der Waals surface area contributed by atoms with Crippen LogP contribution in [0.5, 0.6) is 5.75 Å². The lowest BCUT2D eigenvalue weighted by Gasteiger charge is -2.13. The van der Waals surface area contributed by atoms with Gasteiger partial charge in [0.25, 0.3) is 5.91 Å². The van der Waals surface area contributed by atoms with Crippen molar-refractivity contribution < 1.29 is 13.9 Å². The molecular formula is C22H20Cl2N2O3. The molecule has 0 radical (unpaired) electrons. The Hall–Kier alpha value is -2.76. The van der Waals surface area contributed by atoms with Gasteiger partial charge in [0.2, 0.25) is 0 Å². The standard InChI is InChI=1S/C22H20Cl2N2O3/c1-13-4-5-14(2)22(15(13)3)28-12-21(27)26-25-11-17-7-9-20(29-17)18-10-16(23)6-8-19(18)24/h4-11H,12H2,1-3H3,(H,26,27). The molecule has 0 spiro atoms. The van der Waals surface area contributed by atoms with E-state index in [0.29, 0.717) is 27.1 Å². The number of hydrogen-bond acceptors (Lipinski definition) is 4. The van der Waals surface area contributed by atoms with E-state index in [1.54, 1.807) is 30.3 Å². The Kier molecular flexibility index (Phi) is 6.62. The molecule has 0 saturated heterocycles. The van der Waals surface area contributed by atoms with Gasteiger partial charge >= 0.3 is 0 Å².